The smallest absolute Gasteiger partial charge is 0.240 e. The monoisotopic (exact) mass is 379 g/mol. The van der Waals surface area contributed by atoms with Crippen LogP contribution in [0.4, 0.5) is 0 Å². The van der Waals surface area contributed by atoms with E-state index < -0.39 is 6.04 Å². The zero-order valence-corrected chi connectivity index (χ0v) is 16.3. The third-order valence-corrected chi connectivity index (χ3v) is 5.09. The van der Waals surface area contributed by atoms with E-state index in [-0.39, 0.29) is 18.2 Å². The minimum absolute atomic E-state index is 0.0394. The number of amides is 2. The molecule has 3 rings (SSSR count). The van der Waals surface area contributed by atoms with E-state index in [1.54, 1.807) is 0 Å². The fourth-order valence-corrected chi connectivity index (χ4v) is 3.54. The molecule has 1 fully saturated rings. The molecule has 1 saturated heterocycles. The van der Waals surface area contributed by atoms with E-state index in [2.05, 4.69) is 22.8 Å². The van der Waals surface area contributed by atoms with Crippen molar-refractivity contribution in [3.05, 3.63) is 71.8 Å². The molecule has 0 bridgehead atoms. The number of nitrogens with one attached hydrogen (secondary N) is 2. The molecule has 1 aliphatic heterocycles. The second kappa shape index (κ2) is 10.6. The minimum atomic E-state index is -0.415. The molecule has 2 aromatic carbocycles. The van der Waals surface area contributed by atoms with E-state index in [0.717, 1.165) is 32.4 Å². The van der Waals surface area contributed by atoms with Gasteiger partial charge in [0.25, 0.3) is 0 Å². The summed E-state index contributed by atoms with van der Waals surface area (Å²) in [4.78, 5) is 26.8. The lowest BCUT2D eigenvalue weighted by Gasteiger charge is -2.33. The number of hydrogen-bond donors (Lipinski definition) is 2. The molecule has 2 N–H and O–H groups in total. The quantitative estimate of drug-likeness (QED) is 0.702. The van der Waals surface area contributed by atoms with Crippen molar-refractivity contribution in [2.24, 2.45) is 0 Å². The fourth-order valence-electron chi connectivity index (χ4n) is 3.54. The van der Waals surface area contributed by atoms with Crippen LogP contribution < -0.4 is 10.6 Å². The first-order chi connectivity index (χ1) is 13.7. The summed E-state index contributed by atoms with van der Waals surface area (Å²) in [6.45, 7) is 2.77. The molecule has 0 spiro atoms. The van der Waals surface area contributed by atoms with Gasteiger partial charge in [-0.3, -0.25) is 9.59 Å². The highest BCUT2D eigenvalue weighted by molar-refractivity contribution is 5.88. The van der Waals surface area contributed by atoms with Crippen LogP contribution in [0.3, 0.4) is 0 Å². The highest BCUT2D eigenvalue weighted by Gasteiger charge is 2.29. The van der Waals surface area contributed by atoms with Gasteiger partial charge in [-0.05, 0) is 30.4 Å². The predicted octanol–water partition coefficient (Wildman–Crippen LogP) is 2.17. The number of benzene rings is 2. The Hall–Kier alpha value is -2.66. The van der Waals surface area contributed by atoms with Crippen molar-refractivity contribution in [2.75, 3.05) is 26.2 Å². The standard InChI is InChI=1S/C23H29N3O2/c27-22(25-14-13-20-10-5-2-6-11-20)18-21-23(28)26(17-15-24-21)16-7-12-19-8-3-1-4-9-19/h1-6,8-11,21,24H,7,12-18H2,(H,25,27). The molecule has 1 atom stereocenters. The van der Waals surface area contributed by atoms with Crippen molar-refractivity contribution in [2.45, 2.75) is 31.7 Å². The van der Waals surface area contributed by atoms with E-state index in [0.29, 0.717) is 13.1 Å². The van der Waals surface area contributed by atoms with Gasteiger partial charge in [0.05, 0.1) is 12.5 Å². The van der Waals surface area contributed by atoms with Gasteiger partial charge in [-0.2, -0.15) is 0 Å². The lowest BCUT2D eigenvalue weighted by Crippen LogP contribution is -2.56. The Labute approximate surface area is 167 Å². The topological polar surface area (TPSA) is 61.4 Å². The Balaban J connectivity index is 1.38. The zero-order valence-electron chi connectivity index (χ0n) is 16.3. The molecule has 0 saturated carbocycles. The first kappa shape index (κ1) is 20.1. The molecule has 0 aromatic heterocycles. The van der Waals surface area contributed by atoms with Crippen molar-refractivity contribution in [3.8, 4) is 0 Å². The Kier molecular flexibility index (Phi) is 7.62. The SMILES string of the molecule is O=C(CC1NCCN(CCCc2ccccc2)C1=O)NCCc1ccccc1. The van der Waals surface area contributed by atoms with E-state index in [9.17, 15) is 9.59 Å². The van der Waals surface area contributed by atoms with Gasteiger partial charge in [0.2, 0.25) is 11.8 Å². The molecule has 5 nitrogen and oxygen atoms in total. The van der Waals surface area contributed by atoms with Gasteiger partial charge in [-0.15, -0.1) is 0 Å². The highest BCUT2D eigenvalue weighted by atomic mass is 16.2. The maximum atomic E-state index is 12.7. The van der Waals surface area contributed by atoms with Crippen molar-refractivity contribution >= 4 is 11.8 Å². The van der Waals surface area contributed by atoms with Crippen LogP contribution in [0.25, 0.3) is 0 Å². The van der Waals surface area contributed by atoms with Crippen molar-refractivity contribution in [1.82, 2.24) is 15.5 Å². The largest absolute Gasteiger partial charge is 0.356 e. The van der Waals surface area contributed by atoms with E-state index in [1.165, 1.54) is 11.1 Å². The number of rotatable bonds is 9. The average Bonchev–Trinajstić information content (AvgIpc) is 2.72. The summed E-state index contributed by atoms with van der Waals surface area (Å²) in [7, 11) is 0. The number of piperazine rings is 1. The number of aryl methyl sites for hydroxylation is 1. The lowest BCUT2D eigenvalue weighted by molar-refractivity contribution is -0.138. The van der Waals surface area contributed by atoms with Gasteiger partial charge in [0.1, 0.15) is 0 Å². The fraction of sp³-hybridized carbons (Fsp3) is 0.391. The molecule has 2 aromatic rings. The maximum Gasteiger partial charge on any atom is 0.240 e. The number of nitrogens with zero attached hydrogens (tertiary/aromatic N) is 1. The Morgan fingerprint density at radius 2 is 1.64 bits per heavy atom. The van der Waals surface area contributed by atoms with E-state index in [4.69, 9.17) is 0 Å². The van der Waals surface area contributed by atoms with Gasteiger partial charge in [-0.1, -0.05) is 60.7 Å². The summed E-state index contributed by atoms with van der Waals surface area (Å²) in [5.74, 6) is -0.0366. The Morgan fingerprint density at radius 1 is 1.00 bits per heavy atom. The van der Waals surface area contributed by atoms with Gasteiger partial charge < -0.3 is 15.5 Å². The zero-order chi connectivity index (χ0) is 19.6. The van der Waals surface area contributed by atoms with E-state index in [1.807, 2.05) is 53.4 Å². The van der Waals surface area contributed by atoms with E-state index >= 15 is 0 Å². The Morgan fingerprint density at radius 3 is 2.32 bits per heavy atom. The average molecular weight is 380 g/mol. The van der Waals surface area contributed by atoms with Crippen LogP contribution in [-0.2, 0) is 22.4 Å². The molecule has 0 aliphatic carbocycles. The molecule has 2 amide bonds. The summed E-state index contributed by atoms with van der Waals surface area (Å²) < 4.78 is 0. The maximum absolute atomic E-state index is 12.7. The van der Waals surface area contributed by atoms with Crippen LogP contribution in [0.5, 0.6) is 0 Å². The molecule has 0 radical (unpaired) electrons. The number of carbonyl (C=O) groups is 2. The van der Waals surface area contributed by atoms with Crippen molar-refractivity contribution in [3.63, 3.8) is 0 Å². The van der Waals surface area contributed by atoms with Crippen LogP contribution in [-0.4, -0.2) is 48.9 Å². The summed E-state index contributed by atoms with van der Waals surface area (Å²) in [5, 5.41) is 6.12. The molecule has 5 heteroatoms. The summed E-state index contributed by atoms with van der Waals surface area (Å²) >= 11 is 0. The summed E-state index contributed by atoms with van der Waals surface area (Å²) in [5.41, 5.74) is 2.48. The predicted molar refractivity (Wildman–Crippen MR) is 111 cm³/mol. The second-order valence-corrected chi connectivity index (χ2v) is 7.21. The minimum Gasteiger partial charge on any atom is -0.356 e. The molecule has 148 valence electrons. The Bertz CT molecular complexity index is 749. The van der Waals surface area contributed by atoms with Crippen LogP contribution in [0, 0.1) is 0 Å². The third kappa shape index (κ3) is 6.20. The highest BCUT2D eigenvalue weighted by Crippen LogP contribution is 2.09. The number of carbonyl (C=O) groups excluding carboxylic acids is 2. The van der Waals surface area contributed by atoms with Crippen LogP contribution >= 0.6 is 0 Å². The van der Waals surface area contributed by atoms with Gasteiger partial charge in [0, 0.05) is 26.2 Å². The molecule has 1 aliphatic rings. The summed E-state index contributed by atoms with van der Waals surface area (Å²) in [6, 6.07) is 20.0. The van der Waals surface area contributed by atoms with Gasteiger partial charge >= 0.3 is 0 Å². The van der Waals surface area contributed by atoms with Crippen LogP contribution in [0.1, 0.15) is 24.0 Å². The summed E-state index contributed by atoms with van der Waals surface area (Å²) in [6.07, 6.45) is 2.89. The first-order valence-corrected chi connectivity index (χ1v) is 10.1. The van der Waals surface area contributed by atoms with Gasteiger partial charge in [-0.25, -0.2) is 0 Å². The normalized spacial score (nSPS) is 16.8. The van der Waals surface area contributed by atoms with Crippen LogP contribution in [0.15, 0.2) is 60.7 Å². The molecular weight excluding hydrogens is 350 g/mol. The third-order valence-electron chi connectivity index (χ3n) is 5.09. The second-order valence-electron chi connectivity index (χ2n) is 7.21. The van der Waals surface area contributed by atoms with Crippen molar-refractivity contribution in [1.29, 1.82) is 0 Å². The molecule has 1 heterocycles. The molecule has 28 heavy (non-hydrogen) atoms. The molecule has 1 unspecified atom stereocenters. The number of hydrogen-bond acceptors (Lipinski definition) is 3. The van der Waals surface area contributed by atoms with Crippen molar-refractivity contribution < 1.29 is 9.59 Å². The van der Waals surface area contributed by atoms with Crippen LogP contribution in [0.2, 0.25) is 0 Å². The van der Waals surface area contributed by atoms with Gasteiger partial charge in [0.15, 0.2) is 0 Å². The molecular formula is C23H29N3O2. The first-order valence-electron chi connectivity index (χ1n) is 10.1. The lowest BCUT2D eigenvalue weighted by atomic mass is 10.1.